The van der Waals surface area contributed by atoms with Gasteiger partial charge in [0.2, 0.25) is 5.91 Å². The van der Waals surface area contributed by atoms with Gasteiger partial charge in [-0.3, -0.25) is 4.79 Å². The molecule has 0 heterocycles. The minimum absolute atomic E-state index is 0.0725. The fraction of sp³-hybridized carbons (Fsp3) is 0.263. The summed E-state index contributed by atoms with van der Waals surface area (Å²) in [7, 11) is 3.02. The van der Waals surface area contributed by atoms with Crippen molar-refractivity contribution in [3.63, 3.8) is 0 Å². The van der Waals surface area contributed by atoms with Crippen molar-refractivity contribution in [2.24, 2.45) is 0 Å². The van der Waals surface area contributed by atoms with E-state index in [1.54, 1.807) is 19.2 Å². The molecule has 2 aromatic rings. The first-order valence-corrected chi connectivity index (χ1v) is 7.84. The molecule has 0 aliphatic heterocycles. The van der Waals surface area contributed by atoms with Crippen molar-refractivity contribution in [2.45, 2.75) is 19.4 Å². The number of carbonyl (C=O) groups excluding carboxylic acids is 1. The Morgan fingerprint density at radius 3 is 2.44 bits per heavy atom. The third-order valence-electron chi connectivity index (χ3n) is 3.80. The molecule has 2 aromatic carbocycles. The van der Waals surface area contributed by atoms with Gasteiger partial charge >= 0.3 is 5.97 Å². The van der Waals surface area contributed by atoms with E-state index in [0.29, 0.717) is 24.2 Å². The number of ether oxygens (including phenoxy) is 2. The summed E-state index contributed by atoms with van der Waals surface area (Å²) in [4.78, 5) is 23.2. The zero-order chi connectivity index (χ0) is 18.2. The number of carboxylic acids is 1. The number of carboxylic acid groups (broad SMARTS) is 1. The van der Waals surface area contributed by atoms with Gasteiger partial charge in [0.05, 0.1) is 14.2 Å². The average molecular weight is 343 g/mol. The van der Waals surface area contributed by atoms with Gasteiger partial charge in [-0.15, -0.1) is 0 Å². The van der Waals surface area contributed by atoms with E-state index >= 15 is 0 Å². The summed E-state index contributed by atoms with van der Waals surface area (Å²) in [5.74, 6) is -0.130. The van der Waals surface area contributed by atoms with Gasteiger partial charge in [0.25, 0.3) is 0 Å². The van der Waals surface area contributed by atoms with Gasteiger partial charge < -0.3 is 19.9 Å². The summed E-state index contributed by atoms with van der Waals surface area (Å²) in [5, 5.41) is 12.0. The predicted octanol–water partition coefficient (Wildman–Crippen LogP) is 2.65. The quantitative estimate of drug-likeness (QED) is 0.770. The lowest BCUT2D eigenvalue weighted by molar-refractivity contribution is -0.121. The molecule has 0 aliphatic rings. The Balaban J connectivity index is 1.92. The molecule has 0 saturated carbocycles. The van der Waals surface area contributed by atoms with Gasteiger partial charge in [0.1, 0.15) is 17.1 Å². The highest BCUT2D eigenvalue weighted by Gasteiger charge is 2.12. The van der Waals surface area contributed by atoms with Crippen molar-refractivity contribution >= 4 is 11.9 Å². The summed E-state index contributed by atoms with van der Waals surface area (Å²) >= 11 is 0. The van der Waals surface area contributed by atoms with E-state index in [2.05, 4.69) is 5.32 Å². The number of aryl methyl sites for hydroxylation is 1. The van der Waals surface area contributed by atoms with Crippen LogP contribution in [0, 0.1) is 0 Å². The van der Waals surface area contributed by atoms with Crippen LogP contribution in [-0.4, -0.2) is 31.2 Å². The Morgan fingerprint density at radius 1 is 1.04 bits per heavy atom. The molecule has 0 saturated heterocycles. The van der Waals surface area contributed by atoms with E-state index in [1.165, 1.54) is 13.2 Å². The van der Waals surface area contributed by atoms with Gasteiger partial charge in [-0.2, -0.15) is 0 Å². The number of amides is 1. The number of hydrogen-bond donors (Lipinski definition) is 2. The first kappa shape index (κ1) is 18.3. The molecule has 2 N–H and O–H groups in total. The van der Waals surface area contributed by atoms with Crippen LogP contribution < -0.4 is 14.8 Å². The highest BCUT2D eigenvalue weighted by molar-refractivity contribution is 5.91. The fourth-order valence-electron chi connectivity index (χ4n) is 2.48. The molecule has 6 nitrogen and oxygen atoms in total. The number of carbonyl (C=O) groups is 2. The van der Waals surface area contributed by atoms with Crippen LogP contribution >= 0.6 is 0 Å². The number of para-hydroxylation sites is 1. The lowest BCUT2D eigenvalue weighted by Gasteiger charge is -2.10. The van der Waals surface area contributed by atoms with Gasteiger partial charge in [-0.25, -0.2) is 4.79 Å². The van der Waals surface area contributed by atoms with Crippen molar-refractivity contribution in [3.8, 4) is 11.5 Å². The third kappa shape index (κ3) is 4.97. The maximum Gasteiger partial charge on any atom is 0.339 e. The second-order valence-electron chi connectivity index (χ2n) is 5.43. The molecule has 0 unspecified atom stereocenters. The van der Waals surface area contributed by atoms with Crippen LogP contribution in [0.5, 0.6) is 11.5 Å². The molecule has 132 valence electrons. The number of methoxy groups -OCH3 is 2. The largest absolute Gasteiger partial charge is 0.496 e. The van der Waals surface area contributed by atoms with Crippen LogP contribution in [0.2, 0.25) is 0 Å². The minimum Gasteiger partial charge on any atom is -0.496 e. The smallest absolute Gasteiger partial charge is 0.339 e. The number of aromatic carboxylic acids is 1. The number of nitrogens with one attached hydrogen (secondary N) is 1. The molecule has 0 aromatic heterocycles. The summed E-state index contributed by atoms with van der Waals surface area (Å²) in [6, 6.07) is 12.4. The van der Waals surface area contributed by atoms with E-state index in [0.717, 1.165) is 11.3 Å². The van der Waals surface area contributed by atoms with Gasteiger partial charge in [-0.05, 0) is 35.7 Å². The topological polar surface area (TPSA) is 84.9 Å². The Labute approximate surface area is 146 Å². The normalized spacial score (nSPS) is 10.2. The van der Waals surface area contributed by atoms with Crippen LogP contribution in [-0.2, 0) is 17.8 Å². The molecule has 6 heteroatoms. The maximum atomic E-state index is 12.0. The average Bonchev–Trinajstić information content (AvgIpc) is 2.64. The van der Waals surface area contributed by atoms with Gasteiger partial charge in [0.15, 0.2) is 0 Å². The van der Waals surface area contributed by atoms with E-state index in [4.69, 9.17) is 9.47 Å². The molecule has 0 bridgehead atoms. The van der Waals surface area contributed by atoms with Crippen molar-refractivity contribution < 1.29 is 24.2 Å². The highest BCUT2D eigenvalue weighted by Crippen LogP contribution is 2.20. The summed E-state index contributed by atoms with van der Waals surface area (Å²) in [6.45, 7) is 0.259. The lowest BCUT2D eigenvalue weighted by atomic mass is 10.1. The standard InChI is InChI=1S/C19H21NO5/c1-24-16-6-4-3-5-14(16)8-10-18(21)20-12-13-7-9-17(25-2)15(11-13)19(22)23/h3-7,9,11H,8,10,12H2,1-2H3,(H,20,21)(H,22,23). The Kier molecular flexibility index (Phi) is 6.39. The molecule has 25 heavy (non-hydrogen) atoms. The summed E-state index contributed by atoms with van der Waals surface area (Å²) in [5.41, 5.74) is 1.74. The minimum atomic E-state index is -1.07. The summed E-state index contributed by atoms with van der Waals surface area (Å²) < 4.78 is 10.3. The second-order valence-corrected chi connectivity index (χ2v) is 5.43. The molecular formula is C19H21NO5. The van der Waals surface area contributed by atoms with Gasteiger partial charge in [0, 0.05) is 13.0 Å². The van der Waals surface area contributed by atoms with Crippen LogP contribution in [0.25, 0.3) is 0 Å². The third-order valence-corrected chi connectivity index (χ3v) is 3.80. The zero-order valence-corrected chi connectivity index (χ0v) is 14.2. The van der Waals surface area contributed by atoms with Crippen molar-refractivity contribution in [1.29, 1.82) is 0 Å². The number of hydrogen-bond acceptors (Lipinski definition) is 4. The Morgan fingerprint density at radius 2 is 1.76 bits per heavy atom. The van der Waals surface area contributed by atoms with E-state index in [1.807, 2.05) is 24.3 Å². The van der Waals surface area contributed by atoms with Crippen molar-refractivity contribution in [3.05, 3.63) is 59.2 Å². The van der Waals surface area contributed by atoms with Crippen LogP contribution in [0.15, 0.2) is 42.5 Å². The monoisotopic (exact) mass is 343 g/mol. The SMILES string of the molecule is COc1ccccc1CCC(=O)NCc1ccc(OC)c(C(=O)O)c1. The van der Waals surface area contributed by atoms with Crippen molar-refractivity contribution in [1.82, 2.24) is 5.32 Å². The molecule has 0 fully saturated rings. The molecule has 2 rings (SSSR count). The fourth-order valence-corrected chi connectivity index (χ4v) is 2.48. The van der Waals surface area contributed by atoms with Crippen molar-refractivity contribution in [2.75, 3.05) is 14.2 Å². The number of rotatable bonds is 8. The molecule has 0 atom stereocenters. The van der Waals surface area contributed by atoms with Crippen LogP contribution in [0.1, 0.15) is 27.9 Å². The maximum absolute atomic E-state index is 12.0. The van der Waals surface area contributed by atoms with E-state index in [-0.39, 0.29) is 18.0 Å². The van der Waals surface area contributed by atoms with E-state index in [9.17, 15) is 14.7 Å². The molecule has 0 spiro atoms. The Bertz CT molecular complexity index is 757. The van der Waals surface area contributed by atoms with Gasteiger partial charge in [-0.1, -0.05) is 24.3 Å². The molecule has 0 aliphatic carbocycles. The highest BCUT2D eigenvalue weighted by atomic mass is 16.5. The summed E-state index contributed by atoms with van der Waals surface area (Å²) in [6.07, 6.45) is 0.890. The molecular weight excluding hydrogens is 322 g/mol. The van der Waals surface area contributed by atoms with Crippen LogP contribution in [0.3, 0.4) is 0 Å². The molecule has 1 amide bonds. The zero-order valence-electron chi connectivity index (χ0n) is 14.2. The first-order chi connectivity index (χ1) is 12.0. The second kappa shape index (κ2) is 8.73. The Hall–Kier alpha value is -3.02. The van der Waals surface area contributed by atoms with Crippen LogP contribution in [0.4, 0.5) is 0 Å². The van der Waals surface area contributed by atoms with E-state index < -0.39 is 5.97 Å². The first-order valence-electron chi connectivity index (χ1n) is 7.84. The molecule has 0 radical (unpaired) electrons. The number of benzene rings is 2. The lowest BCUT2D eigenvalue weighted by Crippen LogP contribution is -2.23. The predicted molar refractivity (Wildman–Crippen MR) is 93.1 cm³/mol.